The Morgan fingerprint density at radius 3 is 2.49 bits per heavy atom. The summed E-state index contributed by atoms with van der Waals surface area (Å²) < 4.78 is 42.1. The maximum Gasteiger partial charge on any atom is 0.234 e. The van der Waals surface area contributed by atoms with Crippen LogP contribution in [0.15, 0.2) is 72.9 Å². The molecule has 2 fully saturated rings. The van der Waals surface area contributed by atoms with E-state index in [-0.39, 0.29) is 29.5 Å². The number of imide groups is 1. The van der Waals surface area contributed by atoms with Gasteiger partial charge in [0.15, 0.2) is 0 Å². The molecule has 2 aromatic heterocycles. The smallest absolute Gasteiger partial charge is 0.234 e. The fraction of sp³-hybridized carbons (Fsp3) is 0.366. The summed E-state index contributed by atoms with van der Waals surface area (Å²) in [5.74, 6) is -0.259. The Hall–Kier alpha value is -5.58. The lowest BCUT2D eigenvalue weighted by molar-refractivity contribution is -0.134. The van der Waals surface area contributed by atoms with Crippen molar-refractivity contribution in [2.24, 2.45) is 0 Å². The number of anilines is 6. The minimum Gasteiger partial charge on any atom is -0.369 e. The molecule has 2 amide bonds. The van der Waals surface area contributed by atoms with Gasteiger partial charge in [-0.05, 0) is 85.7 Å². The van der Waals surface area contributed by atoms with Crippen LogP contribution in [0.2, 0.25) is 0 Å². The third-order valence-electron chi connectivity index (χ3n) is 11.0. The lowest BCUT2D eigenvalue weighted by Gasteiger charge is -2.34. The molecule has 1 atom stereocenters. The molecule has 16 heteroatoms. The zero-order chi connectivity index (χ0) is 39.5. The van der Waals surface area contributed by atoms with Crippen molar-refractivity contribution in [1.29, 1.82) is 0 Å². The molecule has 0 bridgehead atoms. The molecular formula is C41H47FN10O4S. The Bertz CT molecular complexity index is 2380. The molecular weight excluding hydrogens is 748 g/mol. The second kappa shape index (κ2) is 16.5. The van der Waals surface area contributed by atoms with Crippen molar-refractivity contribution >= 4 is 67.4 Å². The average molecular weight is 795 g/mol. The van der Waals surface area contributed by atoms with Gasteiger partial charge in [0, 0.05) is 57.1 Å². The molecule has 0 radical (unpaired) electrons. The van der Waals surface area contributed by atoms with E-state index < -0.39 is 10.0 Å². The third kappa shape index (κ3) is 8.72. The minimum absolute atomic E-state index is 0.199. The molecule has 1 unspecified atom stereocenters. The second-order valence-corrected chi connectivity index (χ2v) is 16.8. The molecule has 5 aromatic rings. The van der Waals surface area contributed by atoms with Crippen LogP contribution in [0.25, 0.3) is 11.0 Å². The Labute approximate surface area is 331 Å². The highest BCUT2D eigenvalue weighted by Crippen LogP contribution is 2.39. The second-order valence-electron chi connectivity index (χ2n) is 14.9. The fourth-order valence-corrected chi connectivity index (χ4v) is 8.99. The summed E-state index contributed by atoms with van der Waals surface area (Å²) in [6.45, 7) is 4.39. The minimum atomic E-state index is -3.46. The SMILES string of the molecule is CS(=O)(=O)N1CCc2cccc(Nc3nc(Nc4ccc(N5CCC(NCCNCCc6ccc(C7CCC(=O)NC7=O)cc6)CC5)c(F)c4)nc4[nH]ccc34)c21. The van der Waals surface area contributed by atoms with Crippen LogP contribution in [0.3, 0.4) is 0 Å². The molecule has 8 rings (SSSR count). The van der Waals surface area contributed by atoms with Crippen molar-refractivity contribution in [3.63, 3.8) is 0 Å². The van der Waals surface area contributed by atoms with Crippen LogP contribution in [0.5, 0.6) is 0 Å². The zero-order valence-corrected chi connectivity index (χ0v) is 32.6. The van der Waals surface area contributed by atoms with Gasteiger partial charge in [-0.3, -0.25) is 19.2 Å². The number of fused-ring (bicyclic) bond motifs is 2. The highest BCUT2D eigenvalue weighted by molar-refractivity contribution is 7.92. The van der Waals surface area contributed by atoms with Gasteiger partial charge in [-0.2, -0.15) is 9.97 Å². The van der Waals surface area contributed by atoms with Gasteiger partial charge in [0.1, 0.15) is 17.3 Å². The summed E-state index contributed by atoms with van der Waals surface area (Å²) >= 11 is 0. The van der Waals surface area contributed by atoms with E-state index in [2.05, 4.69) is 53.6 Å². The summed E-state index contributed by atoms with van der Waals surface area (Å²) in [4.78, 5) is 38.1. The molecule has 14 nitrogen and oxygen atoms in total. The zero-order valence-electron chi connectivity index (χ0n) is 31.8. The number of rotatable bonds is 14. The molecule has 0 spiro atoms. The quantitative estimate of drug-likeness (QED) is 0.0672. The number of aromatic nitrogens is 3. The van der Waals surface area contributed by atoms with E-state index in [1.807, 2.05) is 42.5 Å². The van der Waals surface area contributed by atoms with Gasteiger partial charge in [0.05, 0.1) is 34.6 Å². The molecule has 3 aliphatic rings. The molecule has 6 N–H and O–H groups in total. The molecule has 298 valence electrons. The van der Waals surface area contributed by atoms with Gasteiger partial charge in [-0.15, -0.1) is 0 Å². The number of aromatic amines is 1. The van der Waals surface area contributed by atoms with Crippen molar-refractivity contribution in [3.8, 4) is 0 Å². The first-order valence-corrected chi connectivity index (χ1v) is 21.3. The number of piperidine rings is 2. The Kier molecular flexibility index (Phi) is 11.1. The van der Waals surface area contributed by atoms with Gasteiger partial charge in [-0.1, -0.05) is 36.4 Å². The van der Waals surface area contributed by atoms with Crippen molar-refractivity contribution < 1.29 is 22.4 Å². The summed E-state index contributed by atoms with van der Waals surface area (Å²) in [6.07, 6.45) is 7.22. The summed E-state index contributed by atoms with van der Waals surface area (Å²) in [5, 5.41) is 16.8. The number of hydrogen-bond donors (Lipinski definition) is 6. The Morgan fingerprint density at radius 2 is 1.72 bits per heavy atom. The van der Waals surface area contributed by atoms with Gasteiger partial charge < -0.3 is 31.2 Å². The normalized spacial score (nSPS) is 17.5. The number of carbonyl (C=O) groups is 2. The molecule has 0 aliphatic carbocycles. The number of para-hydroxylation sites is 1. The van der Waals surface area contributed by atoms with E-state index in [9.17, 15) is 18.0 Å². The van der Waals surface area contributed by atoms with E-state index >= 15 is 4.39 Å². The fourth-order valence-electron chi connectivity index (χ4n) is 8.02. The van der Waals surface area contributed by atoms with Crippen LogP contribution < -0.4 is 35.8 Å². The first-order valence-electron chi connectivity index (χ1n) is 19.5. The molecule has 0 saturated carbocycles. The third-order valence-corrected chi connectivity index (χ3v) is 12.2. The number of amides is 2. The summed E-state index contributed by atoms with van der Waals surface area (Å²) in [6, 6.07) is 21.0. The lowest BCUT2D eigenvalue weighted by Crippen LogP contribution is -2.44. The average Bonchev–Trinajstić information content (AvgIpc) is 3.86. The molecule has 5 heterocycles. The number of sulfonamides is 1. The van der Waals surface area contributed by atoms with Crippen LogP contribution in [0, 0.1) is 5.82 Å². The predicted molar refractivity (Wildman–Crippen MR) is 221 cm³/mol. The Morgan fingerprint density at radius 1 is 0.895 bits per heavy atom. The van der Waals surface area contributed by atoms with E-state index in [1.54, 1.807) is 12.3 Å². The predicted octanol–water partition coefficient (Wildman–Crippen LogP) is 4.82. The summed E-state index contributed by atoms with van der Waals surface area (Å²) in [7, 11) is -3.46. The standard InChI is InChI=1S/C41H47FN10O4S/c1-57(55,56)52-24-15-28-3-2-4-34(37(28)52)47-39-32-14-19-45-38(32)49-41(50-39)46-30-9-11-35(33(42)25-30)51-22-16-29(17-23-51)44-21-20-43-18-13-26-5-7-27(8-6-26)31-10-12-36(53)48-40(31)54/h2-9,11,14,19,25,29,31,43-44H,10,12-13,15-18,20-24H2,1H3,(H,48,53,54)(H3,45,46,47,49,50). The largest absolute Gasteiger partial charge is 0.369 e. The number of H-pyrrole nitrogens is 1. The van der Waals surface area contributed by atoms with Crippen molar-refractivity contribution in [1.82, 2.24) is 30.9 Å². The monoisotopic (exact) mass is 794 g/mol. The van der Waals surface area contributed by atoms with E-state index in [4.69, 9.17) is 4.98 Å². The first kappa shape index (κ1) is 38.3. The highest BCUT2D eigenvalue weighted by Gasteiger charge is 2.30. The van der Waals surface area contributed by atoms with Crippen molar-refractivity contribution in [2.75, 3.05) is 65.4 Å². The number of halogens is 1. The molecule has 57 heavy (non-hydrogen) atoms. The van der Waals surface area contributed by atoms with Crippen LogP contribution >= 0.6 is 0 Å². The topological polar surface area (TPSA) is 176 Å². The Balaban J connectivity index is 0.803. The lowest BCUT2D eigenvalue weighted by atomic mass is 9.90. The van der Waals surface area contributed by atoms with E-state index in [1.165, 1.54) is 22.2 Å². The number of hydrogen-bond acceptors (Lipinski definition) is 11. The van der Waals surface area contributed by atoms with Gasteiger partial charge in [0.25, 0.3) is 0 Å². The number of nitrogens with zero attached hydrogens (tertiary/aromatic N) is 4. The van der Waals surface area contributed by atoms with Crippen LogP contribution in [-0.4, -0.2) is 86.8 Å². The van der Waals surface area contributed by atoms with Gasteiger partial charge >= 0.3 is 0 Å². The van der Waals surface area contributed by atoms with Crippen molar-refractivity contribution in [3.05, 3.63) is 95.4 Å². The highest BCUT2D eigenvalue weighted by atomic mass is 32.2. The number of benzene rings is 3. The van der Waals surface area contributed by atoms with Crippen LogP contribution in [-0.2, 0) is 32.5 Å². The molecule has 3 aromatic carbocycles. The van der Waals surface area contributed by atoms with Crippen molar-refractivity contribution in [2.45, 2.75) is 50.5 Å². The maximum atomic E-state index is 15.6. The first-order chi connectivity index (χ1) is 27.6. The maximum absolute atomic E-state index is 15.6. The molecule has 3 aliphatic heterocycles. The van der Waals surface area contributed by atoms with Gasteiger partial charge in [-0.25, -0.2) is 12.8 Å². The van der Waals surface area contributed by atoms with E-state index in [0.717, 1.165) is 68.5 Å². The molecule has 2 saturated heterocycles. The van der Waals surface area contributed by atoms with Gasteiger partial charge in [0.2, 0.25) is 27.8 Å². The van der Waals surface area contributed by atoms with E-state index in [0.29, 0.717) is 66.1 Å². The van der Waals surface area contributed by atoms with Crippen LogP contribution in [0.1, 0.15) is 48.3 Å². The summed E-state index contributed by atoms with van der Waals surface area (Å²) in [5.41, 5.74) is 5.96. The number of nitrogens with one attached hydrogen (secondary N) is 6. The number of carbonyl (C=O) groups excluding carboxylic acids is 2. The van der Waals surface area contributed by atoms with Crippen LogP contribution in [0.4, 0.5) is 38.9 Å².